The van der Waals surface area contributed by atoms with Gasteiger partial charge in [0.1, 0.15) is 5.75 Å². The number of aryl methyl sites for hydroxylation is 1. The van der Waals surface area contributed by atoms with Crippen molar-refractivity contribution in [1.82, 2.24) is 0 Å². The predicted molar refractivity (Wildman–Crippen MR) is 131 cm³/mol. The van der Waals surface area contributed by atoms with Gasteiger partial charge in [-0.25, -0.2) is 4.90 Å². The van der Waals surface area contributed by atoms with Crippen molar-refractivity contribution >= 4 is 45.0 Å². The van der Waals surface area contributed by atoms with E-state index in [0.717, 1.165) is 26.7 Å². The van der Waals surface area contributed by atoms with E-state index in [-0.39, 0.29) is 17.7 Å². The van der Waals surface area contributed by atoms with E-state index >= 15 is 0 Å². The Morgan fingerprint density at radius 1 is 0.853 bits per heavy atom. The average molecular weight is 514 g/mol. The zero-order valence-corrected chi connectivity index (χ0v) is 19.9. The lowest BCUT2D eigenvalue weighted by molar-refractivity contribution is -0.142. The summed E-state index contributed by atoms with van der Waals surface area (Å²) in [6.07, 6.45) is 2.01. The van der Waals surface area contributed by atoms with E-state index in [4.69, 9.17) is 4.74 Å². The van der Waals surface area contributed by atoms with Crippen LogP contribution in [-0.2, 0) is 14.4 Å². The van der Waals surface area contributed by atoms with Gasteiger partial charge >= 0.3 is 5.97 Å². The number of halogens is 1. The van der Waals surface area contributed by atoms with Crippen LogP contribution < -0.4 is 9.64 Å². The Kier molecular flexibility index (Phi) is 4.81. The number of hydrogen-bond acceptors (Lipinski definition) is 4. The van der Waals surface area contributed by atoms with Crippen molar-refractivity contribution in [3.05, 3.63) is 100 Å². The van der Waals surface area contributed by atoms with Gasteiger partial charge in [0.05, 0.1) is 23.4 Å². The normalized spacial score (nSPS) is 25.3. The van der Waals surface area contributed by atoms with Gasteiger partial charge in [0.25, 0.3) is 0 Å². The summed E-state index contributed by atoms with van der Waals surface area (Å²) >= 11 is 3.43. The van der Waals surface area contributed by atoms with E-state index in [1.165, 1.54) is 4.90 Å². The minimum absolute atomic E-state index is 0.292. The molecular weight excluding hydrogens is 494 g/mol. The van der Waals surface area contributed by atoms with Gasteiger partial charge in [-0.3, -0.25) is 14.4 Å². The van der Waals surface area contributed by atoms with E-state index < -0.39 is 23.7 Å². The molecule has 2 amide bonds. The van der Waals surface area contributed by atoms with Crippen LogP contribution in [0.15, 0.2) is 83.3 Å². The average Bonchev–Trinajstić information content (AvgIpc) is 3.09. The summed E-state index contributed by atoms with van der Waals surface area (Å²) < 4.78 is 6.47. The summed E-state index contributed by atoms with van der Waals surface area (Å²) in [5.41, 5.74) is 3.97. The molecule has 5 nitrogen and oxygen atoms in total. The molecule has 6 rings (SSSR count). The number of fused-ring (bicyclic) bond motifs is 5. The molecule has 1 aliphatic carbocycles. The predicted octanol–water partition coefficient (Wildman–Crippen LogP) is 5.28. The minimum Gasteiger partial charge on any atom is -0.425 e. The van der Waals surface area contributed by atoms with Crippen molar-refractivity contribution in [3.8, 4) is 5.75 Å². The van der Waals surface area contributed by atoms with Crippen molar-refractivity contribution in [2.24, 2.45) is 17.8 Å². The topological polar surface area (TPSA) is 63.7 Å². The standard InChI is InChI=1S/C28H20BrNO4/c1-15-10-11-19-21-14-20(16-6-3-2-4-7-16)23-25(24(21)28(33)34-22(19)12-15)27(32)30(26(23)31)18-9-5-8-17(29)13-18/h2-14,20,23-25H,1H3/t20-,23-,24-,25-/m1/s1. The van der Waals surface area contributed by atoms with Crippen molar-refractivity contribution < 1.29 is 19.1 Å². The number of benzene rings is 3. The summed E-state index contributed by atoms with van der Waals surface area (Å²) in [6, 6.07) is 22.6. The highest BCUT2D eigenvalue weighted by Crippen LogP contribution is 2.54. The van der Waals surface area contributed by atoms with Gasteiger partial charge in [0, 0.05) is 16.0 Å². The second-order valence-electron chi connectivity index (χ2n) is 9.00. The summed E-state index contributed by atoms with van der Waals surface area (Å²) in [4.78, 5) is 42.2. The van der Waals surface area contributed by atoms with E-state index in [9.17, 15) is 14.4 Å². The number of nitrogens with zero attached hydrogens (tertiary/aromatic N) is 1. The Bertz CT molecular complexity index is 1400. The molecule has 1 saturated heterocycles. The lowest BCUT2D eigenvalue weighted by Crippen LogP contribution is -2.42. The van der Waals surface area contributed by atoms with Gasteiger partial charge in [-0.05, 0) is 47.9 Å². The van der Waals surface area contributed by atoms with Crippen molar-refractivity contribution in [3.63, 3.8) is 0 Å². The Morgan fingerprint density at radius 2 is 1.62 bits per heavy atom. The highest BCUT2D eigenvalue weighted by Gasteiger charge is 2.60. The summed E-state index contributed by atoms with van der Waals surface area (Å²) in [5.74, 6) is -3.33. The molecule has 4 atom stereocenters. The van der Waals surface area contributed by atoms with E-state index in [1.807, 2.05) is 67.6 Å². The minimum atomic E-state index is -0.835. The van der Waals surface area contributed by atoms with Crippen LogP contribution in [0.3, 0.4) is 0 Å². The zero-order valence-electron chi connectivity index (χ0n) is 18.3. The number of ether oxygens (including phenoxy) is 1. The fourth-order valence-corrected chi connectivity index (χ4v) is 5.93. The third-order valence-electron chi connectivity index (χ3n) is 7.00. The molecule has 168 valence electrons. The van der Waals surface area contributed by atoms with Crippen LogP contribution in [0.5, 0.6) is 5.75 Å². The first-order chi connectivity index (χ1) is 16.4. The Balaban J connectivity index is 1.56. The molecular formula is C28H20BrNO4. The molecule has 0 saturated carbocycles. The van der Waals surface area contributed by atoms with Gasteiger partial charge in [-0.2, -0.15) is 0 Å². The first kappa shape index (κ1) is 21.1. The number of allylic oxidation sites excluding steroid dienone is 1. The maximum Gasteiger partial charge on any atom is 0.319 e. The molecule has 3 aromatic rings. The molecule has 0 radical (unpaired) electrons. The Labute approximate surface area is 205 Å². The molecule has 3 aromatic carbocycles. The second-order valence-corrected chi connectivity index (χ2v) is 9.92. The van der Waals surface area contributed by atoms with Crippen LogP contribution in [0.2, 0.25) is 0 Å². The quantitative estimate of drug-likeness (QED) is 0.265. The summed E-state index contributed by atoms with van der Waals surface area (Å²) in [7, 11) is 0. The van der Waals surface area contributed by atoms with Gasteiger partial charge < -0.3 is 4.74 Å². The number of carbonyl (C=O) groups is 3. The third kappa shape index (κ3) is 3.09. The van der Waals surface area contributed by atoms with E-state index in [0.29, 0.717) is 11.4 Å². The van der Waals surface area contributed by atoms with Crippen LogP contribution in [-0.4, -0.2) is 17.8 Å². The second kappa shape index (κ2) is 7.77. The van der Waals surface area contributed by atoms with Crippen molar-refractivity contribution in [1.29, 1.82) is 0 Å². The van der Waals surface area contributed by atoms with Crippen molar-refractivity contribution in [2.45, 2.75) is 12.8 Å². The SMILES string of the molecule is Cc1ccc2c(c1)OC(=O)[C@@H]1C2=C[C@H](c2ccccc2)[C@H]2C(=O)N(c3cccc(Br)c3)C(=O)[C@@H]12. The number of hydrogen-bond donors (Lipinski definition) is 0. The van der Waals surface area contributed by atoms with Crippen LogP contribution in [0, 0.1) is 24.7 Å². The highest BCUT2D eigenvalue weighted by atomic mass is 79.9. The Hall–Kier alpha value is -3.51. The van der Waals surface area contributed by atoms with Crippen LogP contribution in [0.4, 0.5) is 5.69 Å². The van der Waals surface area contributed by atoms with Crippen LogP contribution >= 0.6 is 15.9 Å². The number of rotatable bonds is 2. The molecule has 2 heterocycles. The maximum atomic E-state index is 13.9. The largest absolute Gasteiger partial charge is 0.425 e. The molecule has 34 heavy (non-hydrogen) atoms. The maximum absolute atomic E-state index is 13.9. The molecule has 2 aliphatic heterocycles. The molecule has 0 bridgehead atoms. The highest BCUT2D eigenvalue weighted by molar-refractivity contribution is 9.10. The number of anilines is 1. The third-order valence-corrected chi connectivity index (χ3v) is 7.49. The van der Waals surface area contributed by atoms with Crippen LogP contribution in [0.25, 0.3) is 5.57 Å². The molecule has 1 fully saturated rings. The number of amides is 2. The lowest BCUT2D eigenvalue weighted by Gasteiger charge is -2.38. The molecule has 0 aromatic heterocycles. The van der Waals surface area contributed by atoms with Gasteiger partial charge in [-0.15, -0.1) is 0 Å². The van der Waals surface area contributed by atoms with Gasteiger partial charge in [0.15, 0.2) is 0 Å². The molecule has 3 aliphatic rings. The zero-order chi connectivity index (χ0) is 23.6. The first-order valence-corrected chi connectivity index (χ1v) is 12.0. The first-order valence-electron chi connectivity index (χ1n) is 11.2. The summed E-state index contributed by atoms with van der Waals surface area (Å²) in [5, 5.41) is 0. The monoisotopic (exact) mass is 513 g/mol. The molecule has 0 unspecified atom stereocenters. The summed E-state index contributed by atoms with van der Waals surface area (Å²) in [6.45, 7) is 1.94. The molecule has 0 spiro atoms. The fourth-order valence-electron chi connectivity index (χ4n) is 5.54. The van der Waals surface area contributed by atoms with Gasteiger partial charge in [-0.1, -0.05) is 70.5 Å². The lowest BCUT2D eigenvalue weighted by atomic mass is 9.64. The van der Waals surface area contributed by atoms with Crippen molar-refractivity contribution in [2.75, 3.05) is 4.90 Å². The fraction of sp³-hybridized carbons (Fsp3) is 0.179. The van der Waals surface area contributed by atoms with Gasteiger partial charge in [0.2, 0.25) is 11.8 Å². The van der Waals surface area contributed by atoms with E-state index in [2.05, 4.69) is 15.9 Å². The number of carbonyl (C=O) groups excluding carboxylic acids is 3. The number of esters is 1. The smallest absolute Gasteiger partial charge is 0.319 e. The number of imide groups is 1. The molecule has 0 N–H and O–H groups in total. The Morgan fingerprint density at radius 3 is 2.38 bits per heavy atom. The molecule has 6 heteroatoms. The van der Waals surface area contributed by atoms with Crippen LogP contribution in [0.1, 0.15) is 22.6 Å². The van der Waals surface area contributed by atoms with E-state index in [1.54, 1.807) is 18.2 Å².